The number of nitrogens with zero attached hydrogens (tertiary/aromatic N) is 6. The molecule has 0 saturated carbocycles. The van der Waals surface area contributed by atoms with E-state index in [-0.39, 0.29) is 11.0 Å². The molecule has 0 saturated heterocycles. The molecule has 0 N–H and O–H groups in total. The molecule has 110 valence electrons. The van der Waals surface area contributed by atoms with Crippen molar-refractivity contribution in [2.24, 2.45) is 7.05 Å². The SMILES string of the molecule is Cn1ncc2c(=O)ccn(Cc3ncnn3C(C)(C)C)c21. The van der Waals surface area contributed by atoms with Gasteiger partial charge in [0.2, 0.25) is 0 Å². The van der Waals surface area contributed by atoms with Crippen molar-refractivity contribution in [2.75, 3.05) is 0 Å². The van der Waals surface area contributed by atoms with E-state index in [9.17, 15) is 4.79 Å². The zero-order valence-electron chi connectivity index (χ0n) is 12.6. The summed E-state index contributed by atoms with van der Waals surface area (Å²) in [6.07, 6.45) is 4.93. The van der Waals surface area contributed by atoms with Gasteiger partial charge in [-0.15, -0.1) is 0 Å². The lowest BCUT2D eigenvalue weighted by Gasteiger charge is -2.21. The fraction of sp³-hybridized carbons (Fsp3) is 0.429. The highest BCUT2D eigenvalue weighted by atomic mass is 16.1. The highest BCUT2D eigenvalue weighted by molar-refractivity contribution is 5.74. The van der Waals surface area contributed by atoms with Crippen LogP contribution in [0, 0.1) is 0 Å². The molecule has 0 bridgehead atoms. The van der Waals surface area contributed by atoms with E-state index in [4.69, 9.17) is 0 Å². The van der Waals surface area contributed by atoms with Gasteiger partial charge in [-0.1, -0.05) is 0 Å². The van der Waals surface area contributed by atoms with Crippen molar-refractivity contribution in [3.63, 3.8) is 0 Å². The predicted octanol–water partition coefficient (Wildman–Crippen LogP) is 1.13. The van der Waals surface area contributed by atoms with Crippen molar-refractivity contribution in [3.8, 4) is 0 Å². The Kier molecular flexibility index (Phi) is 2.93. The first-order valence-corrected chi connectivity index (χ1v) is 6.78. The third-order valence-corrected chi connectivity index (χ3v) is 3.42. The average molecular weight is 286 g/mol. The first-order valence-electron chi connectivity index (χ1n) is 6.78. The second-order valence-electron chi connectivity index (χ2n) is 6.07. The molecule has 3 aromatic rings. The molecule has 0 radical (unpaired) electrons. The molecular weight excluding hydrogens is 268 g/mol. The molecule has 0 spiro atoms. The van der Waals surface area contributed by atoms with Crippen LogP contribution in [0.2, 0.25) is 0 Å². The summed E-state index contributed by atoms with van der Waals surface area (Å²) < 4.78 is 5.57. The number of fused-ring (bicyclic) bond motifs is 1. The second kappa shape index (κ2) is 4.54. The summed E-state index contributed by atoms with van der Waals surface area (Å²) in [6.45, 7) is 6.77. The lowest BCUT2D eigenvalue weighted by atomic mass is 10.1. The number of hydrogen-bond donors (Lipinski definition) is 0. The average Bonchev–Trinajstić information content (AvgIpc) is 3.00. The zero-order chi connectivity index (χ0) is 15.2. The summed E-state index contributed by atoms with van der Waals surface area (Å²) in [7, 11) is 1.83. The van der Waals surface area contributed by atoms with Crippen LogP contribution in [0.15, 0.2) is 29.6 Å². The van der Waals surface area contributed by atoms with Crippen LogP contribution in [0.3, 0.4) is 0 Å². The van der Waals surface area contributed by atoms with E-state index in [1.54, 1.807) is 29.5 Å². The van der Waals surface area contributed by atoms with Crippen molar-refractivity contribution < 1.29 is 0 Å². The Labute approximate surface area is 121 Å². The maximum atomic E-state index is 11.9. The molecule has 0 aliphatic heterocycles. The van der Waals surface area contributed by atoms with Gasteiger partial charge in [0.15, 0.2) is 5.43 Å². The number of aryl methyl sites for hydroxylation is 1. The summed E-state index contributed by atoms with van der Waals surface area (Å²) in [5.74, 6) is 0.841. The van der Waals surface area contributed by atoms with E-state index < -0.39 is 0 Å². The molecule has 0 aliphatic carbocycles. The molecule has 3 aromatic heterocycles. The predicted molar refractivity (Wildman–Crippen MR) is 79.1 cm³/mol. The van der Waals surface area contributed by atoms with Gasteiger partial charge in [0.25, 0.3) is 0 Å². The van der Waals surface area contributed by atoms with E-state index in [0.717, 1.165) is 11.5 Å². The number of hydrogen-bond acceptors (Lipinski definition) is 4. The monoisotopic (exact) mass is 286 g/mol. The molecule has 0 unspecified atom stereocenters. The lowest BCUT2D eigenvalue weighted by molar-refractivity contribution is 0.339. The lowest BCUT2D eigenvalue weighted by Crippen LogP contribution is -2.26. The standard InChI is InChI=1S/C14H18N6O/c1-14(2,3)20-12(15-9-17-20)8-19-6-5-11(21)10-7-16-18(4)13(10)19/h5-7,9H,8H2,1-4H3. The molecule has 21 heavy (non-hydrogen) atoms. The van der Waals surface area contributed by atoms with Gasteiger partial charge in [-0.25, -0.2) is 9.67 Å². The Morgan fingerprint density at radius 1 is 1.24 bits per heavy atom. The van der Waals surface area contributed by atoms with Gasteiger partial charge < -0.3 is 4.57 Å². The Morgan fingerprint density at radius 2 is 2.00 bits per heavy atom. The van der Waals surface area contributed by atoms with Gasteiger partial charge >= 0.3 is 0 Å². The van der Waals surface area contributed by atoms with Crippen molar-refractivity contribution in [1.29, 1.82) is 0 Å². The molecule has 3 heterocycles. The van der Waals surface area contributed by atoms with Crippen molar-refractivity contribution in [2.45, 2.75) is 32.9 Å². The van der Waals surface area contributed by atoms with E-state index in [1.165, 1.54) is 0 Å². The van der Waals surface area contributed by atoms with Gasteiger partial charge in [-0.05, 0) is 20.8 Å². The Hall–Kier alpha value is -2.44. The third-order valence-electron chi connectivity index (χ3n) is 3.42. The first kappa shape index (κ1) is 13.5. The zero-order valence-corrected chi connectivity index (χ0v) is 12.6. The summed E-state index contributed by atoms with van der Waals surface area (Å²) in [4.78, 5) is 16.2. The third kappa shape index (κ3) is 2.24. The fourth-order valence-electron chi connectivity index (χ4n) is 2.48. The molecular formula is C14H18N6O. The Bertz CT molecular complexity index is 848. The molecule has 0 fully saturated rings. The van der Waals surface area contributed by atoms with Crippen molar-refractivity contribution in [1.82, 2.24) is 29.1 Å². The quantitative estimate of drug-likeness (QED) is 0.708. The van der Waals surface area contributed by atoms with E-state index in [1.807, 2.05) is 16.3 Å². The van der Waals surface area contributed by atoms with Crippen LogP contribution in [-0.4, -0.2) is 29.1 Å². The molecule has 0 atom stereocenters. The largest absolute Gasteiger partial charge is 0.325 e. The Morgan fingerprint density at radius 3 is 2.71 bits per heavy atom. The maximum Gasteiger partial charge on any atom is 0.192 e. The molecule has 0 aromatic carbocycles. The van der Waals surface area contributed by atoms with Crippen LogP contribution in [0.1, 0.15) is 26.6 Å². The molecule has 3 rings (SSSR count). The molecule has 7 heteroatoms. The smallest absolute Gasteiger partial charge is 0.192 e. The van der Waals surface area contributed by atoms with Crippen LogP contribution >= 0.6 is 0 Å². The van der Waals surface area contributed by atoms with Gasteiger partial charge in [-0.3, -0.25) is 9.48 Å². The highest BCUT2D eigenvalue weighted by Crippen LogP contribution is 2.16. The topological polar surface area (TPSA) is 70.5 Å². The number of pyridine rings is 1. The van der Waals surface area contributed by atoms with Gasteiger partial charge in [0, 0.05) is 19.3 Å². The maximum absolute atomic E-state index is 11.9. The van der Waals surface area contributed by atoms with Crippen LogP contribution in [0.5, 0.6) is 0 Å². The molecule has 0 amide bonds. The van der Waals surface area contributed by atoms with Crippen LogP contribution in [-0.2, 0) is 19.1 Å². The molecule has 7 nitrogen and oxygen atoms in total. The fourth-order valence-corrected chi connectivity index (χ4v) is 2.48. The van der Waals surface area contributed by atoms with Crippen LogP contribution in [0.4, 0.5) is 0 Å². The summed E-state index contributed by atoms with van der Waals surface area (Å²) in [6, 6.07) is 1.56. The minimum absolute atomic E-state index is 0.0216. The van der Waals surface area contributed by atoms with Gasteiger partial charge in [0.1, 0.15) is 17.8 Å². The summed E-state index contributed by atoms with van der Waals surface area (Å²) in [5, 5.41) is 9.08. The van der Waals surface area contributed by atoms with E-state index in [2.05, 4.69) is 36.0 Å². The van der Waals surface area contributed by atoms with E-state index in [0.29, 0.717) is 11.9 Å². The van der Waals surface area contributed by atoms with Gasteiger partial charge in [0.05, 0.1) is 23.7 Å². The highest BCUT2D eigenvalue weighted by Gasteiger charge is 2.19. The Balaban J connectivity index is 2.12. The minimum Gasteiger partial charge on any atom is -0.325 e. The van der Waals surface area contributed by atoms with Crippen LogP contribution in [0.25, 0.3) is 11.0 Å². The molecule has 0 aliphatic rings. The summed E-state index contributed by atoms with van der Waals surface area (Å²) >= 11 is 0. The van der Waals surface area contributed by atoms with Gasteiger partial charge in [-0.2, -0.15) is 10.2 Å². The van der Waals surface area contributed by atoms with Crippen molar-refractivity contribution >= 4 is 11.0 Å². The number of rotatable bonds is 2. The van der Waals surface area contributed by atoms with Crippen LogP contribution < -0.4 is 5.43 Å². The first-order chi connectivity index (χ1) is 9.88. The number of aromatic nitrogens is 6. The minimum atomic E-state index is -0.142. The second-order valence-corrected chi connectivity index (χ2v) is 6.07. The van der Waals surface area contributed by atoms with E-state index >= 15 is 0 Å². The summed E-state index contributed by atoms with van der Waals surface area (Å²) in [5.41, 5.74) is 0.619. The normalized spacial score (nSPS) is 12.2. The van der Waals surface area contributed by atoms with Crippen molar-refractivity contribution in [3.05, 3.63) is 40.8 Å².